The summed E-state index contributed by atoms with van der Waals surface area (Å²) >= 11 is 0. The monoisotopic (exact) mass is 303 g/mol. The molecule has 0 spiro atoms. The number of carbonyl (C=O) groups is 1. The first kappa shape index (κ1) is 15.4. The van der Waals surface area contributed by atoms with Gasteiger partial charge in [0, 0.05) is 25.2 Å². The van der Waals surface area contributed by atoms with Crippen molar-refractivity contribution in [1.29, 1.82) is 0 Å². The lowest BCUT2D eigenvalue weighted by molar-refractivity contribution is -0.163. The van der Waals surface area contributed by atoms with Crippen LogP contribution in [0.5, 0.6) is 0 Å². The molecule has 0 amide bonds. The summed E-state index contributed by atoms with van der Waals surface area (Å²) in [5.41, 5.74) is -0.441. The lowest BCUT2D eigenvalue weighted by Crippen LogP contribution is -2.46. The van der Waals surface area contributed by atoms with Crippen molar-refractivity contribution in [3.8, 4) is 11.8 Å². The molecule has 4 rings (SSSR count). The SMILES string of the molecule is CC#CC(O)(C(=O)OCC1=CN2CCC1CC2)C1CCCC1. The molecule has 0 aromatic rings. The maximum absolute atomic E-state index is 12.5. The van der Waals surface area contributed by atoms with Crippen molar-refractivity contribution in [2.75, 3.05) is 19.7 Å². The molecular formula is C18H25NO3. The number of nitrogens with zero attached hydrogens (tertiary/aromatic N) is 1. The zero-order valence-corrected chi connectivity index (χ0v) is 13.3. The molecular weight excluding hydrogens is 278 g/mol. The van der Waals surface area contributed by atoms with Crippen molar-refractivity contribution >= 4 is 5.97 Å². The van der Waals surface area contributed by atoms with Gasteiger partial charge >= 0.3 is 5.97 Å². The maximum atomic E-state index is 12.5. The molecule has 2 fully saturated rings. The van der Waals surface area contributed by atoms with Crippen molar-refractivity contribution in [2.45, 2.75) is 51.0 Å². The van der Waals surface area contributed by atoms with Crippen LogP contribution in [0.3, 0.4) is 0 Å². The fourth-order valence-electron chi connectivity index (χ4n) is 4.01. The molecule has 1 atom stereocenters. The van der Waals surface area contributed by atoms with E-state index in [0.29, 0.717) is 12.5 Å². The molecule has 1 unspecified atom stereocenters. The van der Waals surface area contributed by atoms with Gasteiger partial charge in [-0.2, -0.15) is 0 Å². The molecule has 1 N–H and O–H groups in total. The molecule has 1 saturated heterocycles. The van der Waals surface area contributed by atoms with Gasteiger partial charge in [-0.15, -0.1) is 5.92 Å². The van der Waals surface area contributed by atoms with Crippen LogP contribution in [0.15, 0.2) is 11.8 Å². The third-order valence-corrected chi connectivity index (χ3v) is 5.35. The summed E-state index contributed by atoms with van der Waals surface area (Å²) in [6, 6.07) is 0. The van der Waals surface area contributed by atoms with E-state index in [-0.39, 0.29) is 5.92 Å². The first-order valence-electron chi connectivity index (χ1n) is 8.41. The molecule has 22 heavy (non-hydrogen) atoms. The Kier molecular flexibility index (Phi) is 4.44. The topological polar surface area (TPSA) is 49.8 Å². The Hall–Kier alpha value is -1.47. The zero-order valence-electron chi connectivity index (χ0n) is 13.3. The van der Waals surface area contributed by atoms with E-state index in [4.69, 9.17) is 4.74 Å². The van der Waals surface area contributed by atoms with Gasteiger partial charge in [-0.05, 0) is 44.1 Å². The minimum absolute atomic E-state index is 0.0898. The van der Waals surface area contributed by atoms with Crippen LogP contribution in [0.25, 0.3) is 0 Å². The second-order valence-electron chi connectivity index (χ2n) is 6.71. The Morgan fingerprint density at radius 2 is 2.05 bits per heavy atom. The number of ether oxygens (including phenoxy) is 1. The maximum Gasteiger partial charge on any atom is 0.351 e. The van der Waals surface area contributed by atoms with Crippen molar-refractivity contribution in [2.24, 2.45) is 11.8 Å². The summed E-state index contributed by atoms with van der Waals surface area (Å²) in [7, 11) is 0. The molecule has 0 radical (unpaired) electrons. The molecule has 0 aromatic carbocycles. The fourth-order valence-corrected chi connectivity index (χ4v) is 4.01. The molecule has 1 saturated carbocycles. The Morgan fingerprint density at radius 1 is 1.36 bits per heavy atom. The second-order valence-corrected chi connectivity index (χ2v) is 6.71. The van der Waals surface area contributed by atoms with Gasteiger partial charge in [0.2, 0.25) is 5.60 Å². The van der Waals surface area contributed by atoms with Gasteiger partial charge in [-0.1, -0.05) is 18.8 Å². The average molecular weight is 303 g/mol. The fraction of sp³-hybridized carbons (Fsp3) is 0.722. The van der Waals surface area contributed by atoms with Crippen LogP contribution in [0.4, 0.5) is 0 Å². The third-order valence-electron chi connectivity index (χ3n) is 5.35. The summed E-state index contributed by atoms with van der Waals surface area (Å²) in [6.45, 7) is 4.16. The molecule has 4 heteroatoms. The van der Waals surface area contributed by atoms with Crippen LogP contribution >= 0.6 is 0 Å². The van der Waals surface area contributed by atoms with Gasteiger partial charge in [-0.3, -0.25) is 0 Å². The second kappa shape index (κ2) is 6.34. The molecule has 3 heterocycles. The molecule has 0 aromatic heterocycles. The lowest BCUT2D eigenvalue weighted by atomic mass is 9.85. The van der Waals surface area contributed by atoms with E-state index in [1.807, 2.05) is 0 Å². The molecule has 3 aliphatic heterocycles. The number of fused-ring (bicyclic) bond motifs is 2. The molecule has 4 nitrogen and oxygen atoms in total. The van der Waals surface area contributed by atoms with Crippen LogP contribution in [-0.4, -0.2) is 41.3 Å². The van der Waals surface area contributed by atoms with Crippen LogP contribution in [0.1, 0.15) is 45.4 Å². The predicted molar refractivity (Wildman–Crippen MR) is 83.7 cm³/mol. The van der Waals surface area contributed by atoms with Gasteiger partial charge < -0.3 is 14.7 Å². The smallest absolute Gasteiger partial charge is 0.351 e. The molecule has 1 aliphatic carbocycles. The van der Waals surface area contributed by atoms with E-state index in [9.17, 15) is 9.90 Å². The lowest BCUT2D eigenvalue weighted by Gasteiger charge is -2.39. The number of hydrogen-bond donors (Lipinski definition) is 1. The highest BCUT2D eigenvalue weighted by molar-refractivity contribution is 5.84. The summed E-state index contributed by atoms with van der Waals surface area (Å²) in [6.07, 6.45) is 8.21. The van der Waals surface area contributed by atoms with Gasteiger partial charge in [0.25, 0.3) is 0 Å². The summed E-state index contributed by atoms with van der Waals surface area (Å²) in [5, 5.41) is 10.8. The highest BCUT2D eigenvalue weighted by Crippen LogP contribution is 2.36. The van der Waals surface area contributed by atoms with Gasteiger partial charge in [0.05, 0.1) is 0 Å². The van der Waals surface area contributed by atoms with E-state index >= 15 is 0 Å². The third kappa shape index (κ3) is 2.87. The van der Waals surface area contributed by atoms with E-state index in [1.54, 1.807) is 6.92 Å². The van der Waals surface area contributed by atoms with Crippen molar-refractivity contribution in [3.63, 3.8) is 0 Å². The van der Waals surface area contributed by atoms with Crippen LogP contribution in [-0.2, 0) is 9.53 Å². The van der Waals surface area contributed by atoms with Crippen molar-refractivity contribution in [1.82, 2.24) is 4.90 Å². The number of esters is 1. The number of piperidine rings is 1. The van der Waals surface area contributed by atoms with Gasteiger partial charge in [0.1, 0.15) is 6.61 Å². The minimum atomic E-state index is -1.63. The first-order valence-corrected chi connectivity index (χ1v) is 8.41. The van der Waals surface area contributed by atoms with Gasteiger partial charge in [0.15, 0.2) is 0 Å². The van der Waals surface area contributed by atoms with Crippen LogP contribution in [0, 0.1) is 23.7 Å². The van der Waals surface area contributed by atoms with E-state index in [2.05, 4.69) is 22.9 Å². The summed E-state index contributed by atoms with van der Waals surface area (Å²) in [5.74, 6) is 5.31. The number of rotatable bonds is 4. The molecule has 2 bridgehead atoms. The molecule has 120 valence electrons. The Morgan fingerprint density at radius 3 is 2.59 bits per heavy atom. The first-order chi connectivity index (χ1) is 10.6. The van der Waals surface area contributed by atoms with Crippen LogP contribution < -0.4 is 0 Å². The average Bonchev–Trinajstić information content (AvgIpc) is 3.09. The number of aliphatic hydroxyl groups is 1. The van der Waals surface area contributed by atoms with E-state index in [1.165, 1.54) is 5.57 Å². The normalized spacial score (nSPS) is 24.5. The predicted octanol–water partition coefficient (Wildman–Crippen LogP) is 2.08. The number of hydrogen-bond acceptors (Lipinski definition) is 4. The van der Waals surface area contributed by atoms with Crippen LogP contribution in [0.2, 0.25) is 0 Å². The Labute approximate surface area is 132 Å². The summed E-state index contributed by atoms with van der Waals surface area (Å²) < 4.78 is 5.48. The van der Waals surface area contributed by atoms with Crippen molar-refractivity contribution < 1.29 is 14.6 Å². The largest absolute Gasteiger partial charge is 0.458 e. The highest BCUT2D eigenvalue weighted by Gasteiger charge is 2.45. The standard InChI is InChI=1S/C18H25NO3/c1-2-9-18(21,16-5-3-4-6-16)17(20)22-13-15-12-19-10-7-14(15)8-11-19/h12,14,16,21H,3-8,10-11,13H2,1H3. The molecule has 4 aliphatic rings. The zero-order chi connectivity index (χ0) is 15.6. The number of carbonyl (C=O) groups excluding carboxylic acids is 1. The summed E-state index contributed by atoms with van der Waals surface area (Å²) in [4.78, 5) is 14.8. The Bertz CT molecular complexity index is 516. The van der Waals surface area contributed by atoms with Crippen molar-refractivity contribution in [3.05, 3.63) is 11.8 Å². The van der Waals surface area contributed by atoms with E-state index < -0.39 is 11.6 Å². The van der Waals surface area contributed by atoms with E-state index in [0.717, 1.165) is 51.6 Å². The quantitative estimate of drug-likeness (QED) is 0.638. The highest BCUT2D eigenvalue weighted by atomic mass is 16.5. The van der Waals surface area contributed by atoms with Gasteiger partial charge in [-0.25, -0.2) is 4.79 Å². The Balaban J connectivity index is 1.65. The minimum Gasteiger partial charge on any atom is -0.458 e.